The molecule has 3 heterocycles. The molecule has 0 saturated carbocycles. The lowest BCUT2D eigenvalue weighted by molar-refractivity contribution is -0.124. The van der Waals surface area contributed by atoms with E-state index in [9.17, 15) is 13.6 Å². The van der Waals surface area contributed by atoms with Crippen molar-refractivity contribution in [2.24, 2.45) is 11.7 Å². The van der Waals surface area contributed by atoms with Crippen molar-refractivity contribution in [2.45, 2.75) is 31.9 Å². The molecule has 2 aliphatic rings. The van der Waals surface area contributed by atoms with Crippen LogP contribution in [0.3, 0.4) is 0 Å². The number of pyridine rings is 1. The number of hydrogen-bond acceptors (Lipinski definition) is 5. The van der Waals surface area contributed by atoms with Crippen LogP contribution in [0.25, 0.3) is 10.9 Å². The van der Waals surface area contributed by atoms with Gasteiger partial charge in [0.15, 0.2) is 0 Å². The monoisotopic (exact) mass is 403 g/mol. The lowest BCUT2D eigenvalue weighted by Gasteiger charge is -2.40. The van der Waals surface area contributed by atoms with E-state index in [0.29, 0.717) is 24.5 Å². The summed E-state index contributed by atoms with van der Waals surface area (Å²) < 4.78 is 26.8. The highest BCUT2D eigenvalue weighted by atomic mass is 19.3. The van der Waals surface area contributed by atoms with Crippen LogP contribution in [0.15, 0.2) is 30.5 Å². The Labute approximate surface area is 169 Å². The molecule has 0 unspecified atom stereocenters. The average molecular weight is 403 g/mol. The number of carbonyl (C=O) groups excluding carboxylic acids is 1. The minimum atomic E-state index is -2.57. The molecule has 2 fully saturated rings. The smallest absolute Gasteiger partial charge is 0.265 e. The number of nitrogens with two attached hydrogens (primary N) is 1. The van der Waals surface area contributed by atoms with Crippen LogP contribution in [0.1, 0.15) is 25.3 Å². The topological polar surface area (TPSA) is 74.5 Å². The van der Waals surface area contributed by atoms with Gasteiger partial charge in [0.2, 0.25) is 5.91 Å². The zero-order valence-corrected chi connectivity index (χ0v) is 16.5. The number of carbonyl (C=O) groups is 1. The molecule has 0 bridgehead atoms. The van der Waals surface area contributed by atoms with Gasteiger partial charge < -0.3 is 16.0 Å². The Kier molecular flexibility index (Phi) is 5.65. The first-order valence-corrected chi connectivity index (χ1v) is 10.1. The Hall–Kier alpha value is -2.32. The van der Waals surface area contributed by atoms with E-state index in [1.165, 1.54) is 6.07 Å². The highest BCUT2D eigenvalue weighted by molar-refractivity contribution is 5.94. The lowest BCUT2D eigenvalue weighted by Crippen LogP contribution is -2.59. The van der Waals surface area contributed by atoms with Crippen LogP contribution >= 0.6 is 0 Å². The predicted octanol–water partition coefficient (Wildman–Crippen LogP) is 2.15. The van der Waals surface area contributed by atoms with Gasteiger partial charge in [-0.15, -0.1) is 0 Å². The number of hydrogen-bond donors (Lipinski definition) is 2. The molecule has 0 aliphatic carbocycles. The number of aromatic nitrogens is 1. The van der Waals surface area contributed by atoms with Gasteiger partial charge in [-0.25, -0.2) is 8.78 Å². The van der Waals surface area contributed by atoms with E-state index < -0.39 is 6.43 Å². The number of amides is 1. The van der Waals surface area contributed by atoms with Gasteiger partial charge in [0.1, 0.15) is 0 Å². The van der Waals surface area contributed by atoms with Crippen molar-refractivity contribution in [2.75, 3.05) is 37.6 Å². The van der Waals surface area contributed by atoms with Gasteiger partial charge in [-0.2, -0.15) is 0 Å². The normalized spacial score (nSPS) is 23.4. The van der Waals surface area contributed by atoms with E-state index in [4.69, 9.17) is 5.73 Å². The van der Waals surface area contributed by atoms with E-state index in [1.807, 2.05) is 11.0 Å². The fourth-order valence-corrected chi connectivity index (χ4v) is 4.50. The second kappa shape index (κ2) is 8.20. The molecule has 156 valence electrons. The van der Waals surface area contributed by atoms with Crippen LogP contribution in [0.5, 0.6) is 0 Å². The van der Waals surface area contributed by atoms with Gasteiger partial charge >= 0.3 is 0 Å². The summed E-state index contributed by atoms with van der Waals surface area (Å²) >= 11 is 0. The average Bonchev–Trinajstić information content (AvgIpc) is 2.65. The molecule has 2 aromatic rings. The van der Waals surface area contributed by atoms with E-state index in [0.717, 1.165) is 37.1 Å². The molecule has 2 aliphatic heterocycles. The van der Waals surface area contributed by atoms with Crippen molar-refractivity contribution in [3.63, 3.8) is 0 Å². The van der Waals surface area contributed by atoms with Crippen LogP contribution < -0.4 is 16.0 Å². The Bertz CT molecular complexity index is 887. The standard InChI is InChI=1S/C21H27F2N5O/c1-13-7-15(26-19(29)12-27-9-14(24)10-27)11-28(8-13)18-5-4-17(21(22)23)20-16(18)3-2-6-25-20/h2-6,13-15,21H,7-12,24H2,1H3,(H,26,29)/t13-,15-/m1/s1. The number of piperidine rings is 1. The molecule has 2 atom stereocenters. The van der Waals surface area contributed by atoms with Crippen LogP contribution in [-0.4, -0.2) is 60.6 Å². The predicted molar refractivity (Wildman–Crippen MR) is 109 cm³/mol. The van der Waals surface area contributed by atoms with Crippen molar-refractivity contribution in [1.82, 2.24) is 15.2 Å². The molecule has 1 amide bonds. The highest BCUT2D eigenvalue weighted by Gasteiger charge is 2.30. The molecule has 8 heteroatoms. The summed E-state index contributed by atoms with van der Waals surface area (Å²) in [5.74, 6) is 0.378. The van der Waals surface area contributed by atoms with Crippen LogP contribution in [0, 0.1) is 5.92 Å². The molecule has 1 aromatic heterocycles. The summed E-state index contributed by atoms with van der Waals surface area (Å²) in [5, 5.41) is 3.86. The quantitative estimate of drug-likeness (QED) is 0.800. The third kappa shape index (κ3) is 4.33. The number of alkyl halides is 2. The van der Waals surface area contributed by atoms with Gasteiger partial charge in [-0.3, -0.25) is 14.7 Å². The Morgan fingerprint density at radius 3 is 2.79 bits per heavy atom. The minimum Gasteiger partial charge on any atom is -0.369 e. The molecule has 0 spiro atoms. The van der Waals surface area contributed by atoms with Crippen molar-refractivity contribution < 1.29 is 13.6 Å². The van der Waals surface area contributed by atoms with Gasteiger partial charge in [-0.1, -0.05) is 6.92 Å². The maximum Gasteiger partial charge on any atom is 0.265 e. The molecule has 29 heavy (non-hydrogen) atoms. The zero-order valence-electron chi connectivity index (χ0n) is 16.5. The molecular weight excluding hydrogens is 376 g/mol. The molecular formula is C21H27F2N5O. The zero-order chi connectivity index (χ0) is 20.5. The van der Waals surface area contributed by atoms with Gasteiger partial charge in [0, 0.05) is 61.1 Å². The Morgan fingerprint density at radius 1 is 1.28 bits per heavy atom. The molecule has 4 rings (SSSR count). The summed E-state index contributed by atoms with van der Waals surface area (Å²) in [4.78, 5) is 20.8. The number of nitrogens with one attached hydrogen (secondary N) is 1. The molecule has 1 aromatic carbocycles. The number of benzene rings is 1. The van der Waals surface area contributed by atoms with Crippen molar-refractivity contribution in [1.29, 1.82) is 0 Å². The highest BCUT2D eigenvalue weighted by Crippen LogP contribution is 2.34. The second-order valence-corrected chi connectivity index (χ2v) is 8.34. The fourth-order valence-electron chi connectivity index (χ4n) is 4.50. The minimum absolute atomic E-state index is 0.00974. The Morgan fingerprint density at radius 2 is 2.07 bits per heavy atom. The number of fused-ring (bicyclic) bond motifs is 1. The van der Waals surface area contributed by atoms with Gasteiger partial charge in [-0.05, 0) is 36.6 Å². The number of likely N-dealkylation sites (tertiary alicyclic amines) is 1. The maximum absolute atomic E-state index is 13.4. The third-order valence-electron chi connectivity index (χ3n) is 5.73. The maximum atomic E-state index is 13.4. The first-order chi connectivity index (χ1) is 13.9. The van der Waals surface area contributed by atoms with E-state index in [-0.39, 0.29) is 23.6 Å². The van der Waals surface area contributed by atoms with Crippen LogP contribution in [-0.2, 0) is 4.79 Å². The van der Waals surface area contributed by atoms with E-state index in [2.05, 4.69) is 22.1 Å². The van der Waals surface area contributed by atoms with Gasteiger partial charge in [0.05, 0.1) is 12.1 Å². The lowest BCUT2D eigenvalue weighted by atomic mass is 9.94. The van der Waals surface area contributed by atoms with Crippen molar-refractivity contribution in [3.8, 4) is 0 Å². The largest absolute Gasteiger partial charge is 0.369 e. The summed E-state index contributed by atoms with van der Waals surface area (Å²) in [6, 6.07) is 7.02. The van der Waals surface area contributed by atoms with Gasteiger partial charge in [0.25, 0.3) is 6.43 Å². The van der Waals surface area contributed by atoms with Crippen LogP contribution in [0.4, 0.5) is 14.5 Å². The van der Waals surface area contributed by atoms with Crippen LogP contribution in [0.2, 0.25) is 0 Å². The van der Waals surface area contributed by atoms with E-state index >= 15 is 0 Å². The van der Waals surface area contributed by atoms with Crippen molar-refractivity contribution >= 4 is 22.5 Å². The molecule has 3 N–H and O–H groups in total. The number of halogens is 2. The SMILES string of the molecule is C[C@@H]1C[C@@H](NC(=O)CN2CC(N)C2)CN(c2ccc(C(F)F)c3ncccc23)C1. The third-order valence-corrected chi connectivity index (χ3v) is 5.73. The van der Waals surface area contributed by atoms with Crippen molar-refractivity contribution in [3.05, 3.63) is 36.0 Å². The number of rotatable bonds is 5. The summed E-state index contributed by atoms with van der Waals surface area (Å²) in [6.07, 6.45) is -0.127. The van der Waals surface area contributed by atoms with E-state index in [1.54, 1.807) is 18.3 Å². The summed E-state index contributed by atoms with van der Waals surface area (Å²) in [5.41, 5.74) is 6.95. The molecule has 0 radical (unpaired) electrons. The first-order valence-electron chi connectivity index (χ1n) is 10.1. The summed E-state index contributed by atoms with van der Waals surface area (Å²) in [6.45, 7) is 5.49. The number of nitrogens with zero attached hydrogens (tertiary/aromatic N) is 3. The summed E-state index contributed by atoms with van der Waals surface area (Å²) in [7, 11) is 0. The number of anilines is 1. The molecule has 2 saturated heterocycles. The Balaban J connectivity index is 1.51. The molecule has 6 nitrogen and oxygen atoms in total. The first kappa shape index (κ1) is 20.0. The fraction of sp³-hybridized carbons (Fsp3) is 0.524. The second-order valence-electron chi connectivity index (χ2n) is 8.34.